The van der Waals surface area contributed by atoms with Crippen LogP contribution >= 0.6 is 0 Å². The molecule has 0 saturated heterocycles. The van der Waals surface area contributed by atoms with Crippen LogP contribution in [0.2, 0.25) is 0 Å². The number of esters is 1. The van der Waals surface area contributed by atoms with E-state index in [1.807, 2.05) is 84.9 Å². The molecule has 0 saturated carbocycles. The first kappa shape index (κ1) is 23.3. The van der Waals surface area contributed by atoms with Gasteiger partial charge in [-0.25, -0.2) is 0 Å². The molecule has 0 heterocycles. The molecule has 3 N–H and O–H groups in total. The maximum atomic E-state index is 11.7. The maximum absolute atomic E-state index is 11.7. The molecule has 6 heteroatoms. The fraction of sp³-hybridized carbons (Fsp3) is 0.269. The van der Waals surface area contributed by atoms with Gasteiger partial charge in [-0.05, 0) is 42.0 Å². The highest BCUT2D eigenvalue weighted by molar-refractivity contribution is 5.66. The van der Waals surface area contributed by atoms with Gasteiger partial charge in [-0.3, -0.25) is 4.79 Å². The molecule has 3 aromatic rings. The number of para-hydroxylation sites is 1. The molecule has 3 aromatic carbocycles. The number of carbonyl (C=O) groups excluding carboxylic acids is 1. The fourth-order valence-electron chi connectivity index (χ4n) is 3.29. The maximum Gasteiger partial charge on any atom is 0.303 e. The Kier molecular flexibility index (Phi) is 8.66. The summed E-state index contributed by atoms with van der Waals surface area (Å²) < 4.78 is 17.3. The first-order valence-corrected chi connectivity index (χ1v) is 10.7. The predicted octanol–water partition coefficient (Wildman–Crippen LogP) is 4.76. The lowest BCUT2D eigenvalue weighted by Gasteiger charge is -2.32. The van der Waals surface area contributed by atoms with E-state index >= 15 is 0 Å². The van der Waals surface area contributed by atoms with Gasteiger partial charge in [-0.15, -0.1) is 0 Å². The van der Waals surface area contributed by atoms with Gasteiger partial charge in [0, 0.05) is 32.1 Å². The van der Waals surface area contributed by atoms with Crippen LogP contribution in [0.3, 0.4) is 0 Å². The Bertz CT molecular complexity index is 949. The van der Waals surface area contributed by atoms with Crippen LogP contribution in [0.1, 0.15) is 18.9 Å². The van der Waals surface area contributed by atoms with Gasteiger partial charge in [-0.1, -0.05) is 48.5 Å². The van der Waals surface area contributed by atoms with Crippen LogP contribution in [0.4, 0.5) is 5.69 Å². The second-order valence-corrected chi connectivity index (χ2v) is 7.58. The highest BCUT2D eigenvalue weighted by Crippen LogP contribution is 2.23. The van der Waals surface area contributed by atoms with Gasteiger partial charge in [0.2, 0.25) is 0 Å². The largest absolute Gasteiger partial charge is 0.457 e. The van der Waals surface area contributed by atoms with Crippen LogP contribution in [0.5, 0.6) is 11.5 Å². The van der Waals surface area contributed by atoms with Crippen molar-refractivity contribution in [3.05, 3.63) is 90.5 Å². The second-order valence-electron chi connectivity index (χ2n) is 7.58. The van der Waals surface area contributed by atoms with E-state index in [0.717, 1.165) is 22.7 Å². The third-order valence-electron chi connectivity index (χ3n) is 4.95. The summed E-state index contributed by atoms with van der Waals surface area (Å²) in [6.45, 7) is 2.79. The number of rotatable bonds is 12. The summed E-state index contributed by atoms with van der Waals surface area (Å²) in [4.78, 5) is 11.7. The summed E-state index contributed by atoms with van der Waals surface area (Å²) in [5.41, 5.74) is 7.11. The molecule has 32 heavy (non-hydrogen) atoms. The standard InChI is InChI=1S/C26H30N2O4/c1-21(29)32-26(19-27,20-30-18-22-8-4-2-5-9-22)16-17-28-23-12-14-25(15-13-23)31-24-10-6-3-7-11-24/h2-15,28H,16-20,27H2,1H3. The topological polar surface area (TPSA) is 82.8 Å². The molecule has 0 aliphatic rings. The van der Waals surface area contributed by atoms with E-state index in [1.54, 1.807) is 0 Å². The highest BCUT2D eigenvalue weighted by Gasteiger charge is 2.32. The zero-order valence-electron chi connectivity index (χ0n) is 18.3. The summed E-state index contributed by atoms with van der Waals surface area (Å²) in [7, 11) is 0. The number of nitrogens with two attached hydrogens (primary N) is 1. The molecule has 1 atom stereocenters. The van der Waals surface area contributed by atoms with Gasteiger partial charge in [0.25, 0.3) is 0 Å². The van der Waals surface area contributed by atoms with E-state index in [4.69, 9.17) is 19.9 Å². The van der Waals surface area contributed by atoms with Crippen LogP contribution < -0.4 is 15.8 Å². The molecule has 0 amide bonds. The minimum absolute atomic E-state index is 0.174. The molecule has 6 nitrogen and oxygen atoms in total. The van der Waals surface area contributed by atoms with Crippen molar-refractivity contribution < 1.29 is 19.0 Å². The van der Waals surface area contributed by atoms with Crippen molar-refractivity contribution in [3.63, 3.8) is 0 Å². The fourth-order valence-corrected chi connectivity index (χ4v) is 3.29. The Morgan fingerprint density at radius 1 is 0.906 bits per heavy atom. The van der Waals surface area contributed by atoms with Gasteiger partial charge in [-0.2, -0.15) is 0 Å². The van der Waals surface area contributed by atoms with Crippen molar-refractivity contribution in [1.29, 1.82) is 0 Å². The van der Waals surface area contributed by atoms with E-state index < -0.39 is 5.60 Å². The average molecular weight is 435 g/mol. The number of carbonyl (C=O) groups is 1. The third kappa shape index (κ3) is 7.41. The van der Waals surface area contributed by atoms with Crippen LogP contribution in [0.15, 0.2) is 84.9 Å². The van der Waals surface area contributed by atoms with E-state index in [2.05, 4.69) is 5.32 Å². The van der Waals surface area contributed by atoms with E-state index in [0.29, 0.717) is 19.6 Å². The van der Waals surface area contributed by atoms with Crippen molar-refractivity contribution in [3.8, 4) is 11.5 Å². The van der Waals surface area contributed by atoms with Crippen LogP contribution in [-0.2, 0) is 20.9 Å². The molecule has 0 fully saturated rings. The molecule has 0 aliphatic heterocycles. The average Bonchev–Trinajstić information content (AvgIpc) is 2.81. The van der Waals surface area contributed by atoms with Crippen molar-refractivity contribution in [2.45, 2.75) is 25.6 Å². The Balaban J connectivity index is 1.52. The van der Waals surface area contributed by atoms with Gasteiger partial charge in [0.15, 0.2) is 0 Å². The van der Waals surface area contributed by atoms with Crippen molar-refractivity contribution >= 4 is 11.7 Å². The van der Waals surface area contributed by atoms with Crippen molar-refractivity contribution in [1.82, 2.24) is 0 Å². The smallest absolute Gasteiger partial charge is 0.303 e. The Morgan fingerprint density at radius 2 is 1.53 bits per heavy atom. The monoisotopic (exact) mass is 434 g/mol. The van der Waals surface area contributed by atoms with Crippen LogP contribution in [0.25, 0.3) is 0 Å². The zero-order chi connectivity index (χ0) is 22.7. The van der Waals surface area contributed by atoms with Gasteiger partial charge in [0.1, 0.15) is 17.1 Å². The molecule has 0 bridgehead atoms. The lowest BCUT2D eigenvalue weighted by atomic mass is 10.0. The summed E-state index contributed by atoms with van der Waals surface area (Å²) >= 11 is 0. The Hall–Kier alpha value is -3.35. The number of benzene rings is 3. The molecule has 0 aliphatic carbocycles. The molecule has 3 rings (SSSR count). The van der Waals surface area contributed by atoms with Crippen LogP contribution in [0, 0.1) is 0 Å². The predicted molar refractivity (Wildman–Crippen MR) is 126 cm³/mol. The Morgan fingerprint density at radius 3 is 2.16 bits per heavy atom. The number of ether oxygens (including phenoxy) is 3. The SMILES string of the molecule is CC(=O)OC(CN)(CCNc1ccc(Oc2ccccc2)cc1)COCc1ccccc1. The van der Waals surface area contributed by atoms with Gasteiger partial charge >= 0.3 is 5.97 Å². The first-order chi connectivity index (χ1) is 15.6. The van der Waals surface area contributed by atoms with E-state index in [9.17, 15) is 4.79 Å². The van der Waals surface area contributed by atoms with Crippen molar-refractivity contribution in [2.75, 3.05) is 25.0 Å². The summed E-state index contributed by atoms with van der Waals surface area (Å²) in [6.07, 6.45) is 0.514. The number of hydrogen-bond acceptors (Lipinski definition) is 6. The molecule has 0 spiro atoms. The van der Waals surface area contributed by atoms with E-state index in [1.165, 1.54) is 6.92 Å². The minimum Gasteiger partial charge on any atom is -0.457 e. The second kappa shape index (κ2) is 11.9. The summed E-state index contributed by atoms with van der Waals surface area (Å²) in [5.74, 6) is 1.17. The van der Waals surface area contributed by atoms with Crippen molar-refractivity contribution in [2.24, 2.45) is 5.73 Å². The molecular formula is C26H30N2O4. The molecular weight excluding hydrogens is 404 g/mol. The molecule has 0 radical (unpaired) electrons. The zero-order valence-corrected chi connectivity index (χ0v) is 18.3. The van der Waals surface area contributed by atoms with Crippen LogP contribution in [-0.4, -0.2) is 31.3 Å². The molecule has 1 unspecified atom stereocenters. The minimum atomic E-state index is -0.885. The molecule has 0 aromatic heterocycles. The van der Waals surface area contributed by atoms with Gasteiger partial charge in [0.05, 0.1) is 13.2 Å². The summed E-state index contributed by atoms with van der Waals surface area (Å²) in [6, 6.07) is 27.2. The van der Waals surface area contributed by atoms with E-state index in [-0.39, 0.29) is 19.1 Å². The first-order valence-electron chi connectivity index (χ1n) is 10.7. The van der Waals surface area contributed by atoms with Gasteiger partial charge < -0.3 is 25.3 Å². The lowest BCUT2D eigenvalue weighted by molar-refractivity contribution is -0.164. The lowest BCUT2D eigenvalue weighted by Crippen LogP contribution is -2.47. The summed E-state index contributed by atoms with van der Waals surface area (Å²) in [5, 5.41) is 3.35. The number of hydrogen-bond donors (Lipinski definition) is 2. The quantitative estimate of drug-likeness (QED) is 0.400. The Labute approximate surface area is 189 Å². The normalized spacial score (nSPS) is 12.6. The highest BCUT2D eigenvalue weighted by atomic mass is 16.6. The number of anilines is 1. The number of nitrogens with one attached hydrogen (secondary N) is 1. The molecule has 168 valence electrons. The third-order valence-corrected chi connectivity index (χ3v) is 4.95.